The van der Waals surface area contributed by atoms with Crippen molar-refractivity contribution >= 4 is 55.7 Å². The van der Waals surface area contributed by atoms with Crippen LogP contribution in [0.4, 0.5) is 11.4 Å². The Balaban J connectivity index is 1.73. The summed E-state index contributed by atoms with van der Waals surface area (Å²) in [7, 11) is 0. The minimum absolute atomic E-state index is 0.521. The van der Waals surface area contributed by atoms with E-state index in [1.807, 2.05) is 49.4 Å². The van der Waals surface area contributed by atoms with Gasteiger partial charge in [-0.05, 0) is 48.6 Å². The Kier molecular flexibility index (Phi) is 3.90. The molecule has 2 aromatic carbocycles. The molecule has 0 amide bonds. The van der Waals surface area contributed by atoms with Crippen molar-refractivity contribution in [2.75, 3.05) is 10.6 Å². The molecule has 0 atom stereocenters. The third kappa shape index (κ3) is 3.40. The number of hydrogen-bond donors (Lipinski definition) is 2. The molecule has 3 rings (SSSR count). The van der Waals surface area contributed by atoms with E-state index in [0.717, 1.165) is 26.9 Å². The van der Waals surface area contributed by atoms with E-state index in [2.05, 4.69) is 31.5 Å². The second-order valence-electron chi connectivity index (χ2n) is 4.50. The molecule has 3 aromatic rings. The number of benzene rings is 2. The van der Waals surface area contributed by atoms with Crippen molar-refractivity contribution in [2.24, 2.45) is 0 Å². The molecule has 0 aliphatic rings. The molecule has 6 heteroatoms. The molecule has 0 radical (unpaired) electrons. The Bertz CT molecular complexity index is 816. The van der Waals surface area contributed by atoms with E-state index < -0.39 is 0 Å². The minimum atomic E-state index is 0.521. The van der Waals surface area contributed by atoms with Crippen LogP contribution in [0.2, 0.25) is 0 Å². The second-order valence-corrected chi connectivity index (χ2v) is 5.83. The van der Waals surface area contributed by atoms with Gasteiger partial charge in [-0.25, -0.2) is 4.98 Å². The molecule has 0 spiro atoms. The zero-order chi connectivity index (χ0) is 14.8. The van der Waals surface area contributed by atoms with Crippen LogP contribution < -0.4 is 10.6 Å². The molecule has 2 N–H and O–H groups in total. The summed E-state index contributed by atoms with van der Waals surface area (Å²) < 4.78 is 6.44. The fraction of sp³-hybridized carbons (Fsp3) is 0.0667. The Morgan fingerprint density at radius 2 is 1.90 bits per heavy atom. The van der Waals surface area contributed by atoms with E-state index >= 15 is 0 Å². The number of nitrogens with zero attached hydrogens (tertiary/aromatic N) is 1. The minimum Gasteiger partial charge on any atom is -0.441 e. The van der Waals surface area contributed by atoms with Crippen molar-refractivity contribution in [3.05, 3.63) is 52.8 Å². The van der Waals surface area contributed by atoms with Gasteiger partial charge < -0.3 is 15.1 Å². The number of thiocarbonyl (C=S) groups is 1. The second kappa shape index (κ2) is 5.83. The van der Waals surface area contributed by atoms with Crippen molar-refractivity contribution in [2.45, 2.75) is 6.92 Å². The van der Waals surface area contributed by atoms with Gasteiger partial charge in [-0.2, -0.15) is 0 Å². The summed E-state index contributed by atoms with van der Waals surface area (Å²) in [6.45, 7) is 1.83. The van der Waals surface area contributed by atoms with Crippen LogP contribution in [0.5, 0.6) is 0 Å². The molecule has 106 valence electrons. The average Bonchev–Trinajstić information content (AvgIpc) is 2.78. The lowest BCUT2D eigenvalue weighted by molar-refractivity contribution is 0.561. The molecule has 1 aromatic heterocycles. The van der Waals surface area contributed by atoms with Gasteiger partial charge in [0, 0.05) is 22.8 Å². The van der Waals surface area contributed by atoms with Crippen LogP contribution in [-0.2, 0) is 0 Å². The Hall–Kier alpha value is -1.92. The number of aryl methyl sites for hydroxylation is 1. The SMILES string of the molecule is Cc1nc2cc(NC(=S)Nc3cccc(Br)c3)ccc2o1. The quantitative estimate of drug-likeness (QED) is 0.647. The number of aromatic nitrogens is 1. The summed E-state index contributed by atoms with van der Waals surface area (Å²) in [5.74, 6) is 0.650. The highest BCUT2D eigenvalue weighted by Crippen LogP contribution is 2.20. The summed E-state index contributed by atoms with van der Waals surface area (Å²) in [5, 5.41) is 6.79. The number of oxazole rings is 1. The maximum atomic E-state index is 5.44. The molecule has 21 heavy (non-hydrogen) atoms. The van der Waals surface area contributed by atoms with Crippen LogP contribution in [0.1, 0.15) is 5.89 Å². The lowest BCUT2D eigenvalue weighted by atomic mass is 10.3. The number of anilines is 2. The summed E-state index contributed by atoms with van der Waals surface area (Å²) in [5.41, 5.74) is 3.36. The standard InChI is InChI=1S/C15H12BrN3OS/c1-9-17-13-8-12(5-6-14(13)20-9)19-15(21)18-11-4-2-3-10(16)7-11/h2-8H,1H3,(H2,18,19,21). The van der Waals surface area contributed by atoms with Crippen molar-refractivity contribution < 1.29 is 4.42 Å². The third-order valence-corrected chi connectivity index (χ3v) is 3.53. The molecular formula is C15H12BrN3OS. The van der Waals surface area contributed by atoms with E-state index in [4.69, 9.17) is 16.6 Å². The van der Waals surface area contributed by atoms with Crippen LogP contribution in [0.15, 0.2) is 51.4 Å². The molecule has 0 saturated carbocycles. The Morgan fingerprint density at radius 3 is 2.67 bits per heavy atom. The van der Waals surface area contributed by atoms with Crippen molar-refractivity contribution in [3.63, 3.8) is 0 Å². The normalized spacial score (nSPS) is 10.6. The average molecular weight is 362 g/mol. The predicted molar refractivity (Wildman–Crippen MR) is 92.7 cm³/mol. The van der Waals surface area contributed by atoms with Crippen LogP contribution in [-0.4, -0.2) is 10.1 Å². The maximum Gasteiger partial charge on any atom is 0.192 e. The van der Waals surface area contributed by atoms with E-state index in [0.29, 0.717) is 11.0 Å². The highest BCUT2D eigenvalue weighted by molar-refractivity contribution is 9.10. The fourth-order valence-corrected chi connectivity index (χ4v) is 2.62. The summed E-state index contributed by atoms with van der Waals surface area (Å²) >= 11 is 8.73. The Labute approximate surface area is 135 Å². The van der Waals surface area contributed by atoms with E-state index in [-0.39, 0.29) is 0 Å². The molecule has 1 heterocycles. The van der Waals surface area contributed by atoms with Gasteiger partial charge in [-0.15, -0.1) is 0 Å². The topological polar surface area (TPSA) is 50.1 Å². The van der Waals surface area contributed by atoms with Crippen molar-refractivity contribution in [1.82, 2.24) is 4.98 Å². The smallest absolute Gasteiger partial charge is 0.192 e. The molecule has 0 aliphatic carbocycles. The third-order valence-electron chi connectivity index (χ3n) is 2.83. The summed E-state index contributed by atoms with van der Waals surface area (Å²) in [6, 6.07) is 13.5. The van der Waals surface area contributed by atoms with Crippen LogP contribution in [0, 0.1) is 6.92 Å². The molecule has 4 nitrogen and oxygen atoms in total. The van der Waals surface area contributed by atoms with Crippen LogP contribution in [0.25, 0.3) is 11.1 Å². The van der Waals surface area contributed by atoms with Gasteiger partial charge in [0.1, 0.15) is 5.52 Å². The van der Waals surface area contributed by atoms with Crippen LogP contribution >= 0.6 is 28.1 Å². The van der Waals surface area contributed by atoms with E-state index in [1.54, 1.807) is 0 Å². The van der Waals surface area contributed by atoms with Gasteiger partial charge in [-0.1, -0.05) is 22.0 Å². The lowest BCUT2D eigenvalue weighted by Gasteiger charge is -2.10. The highest BCUT2D eigenvalue weighted by Gasteiger charge is 2.04. The number of halogens is 1. The number of rotatable bonds is 2. The zero-order valence-corrected chi connectivity index (χ0v) is 13.6. The number of hydrogen-bond acceptors (Lipinski definition) is 3. The van der Waals surface area contributed by atoms with Gasteiger partial charge in [0.2, 0.25) is 0 Å². The number of nitrogens with one attached hydrogen (secondary N) is 2. The monoisotopic (exact) mass is 361 g/mol. The van der Waals surface area contributed by atoms with Gasteiger partial charge >= 0.3 is 0 Å². The Morgan fingerprint density at radius 1 is 1.14 bits per heavy atom. The first kappa shape index (κ1) is 14.0. The highest BCUT2D eigenvalue weighted by atomic mass is 79.9. The van der Waals surface area contributed by atoms with Crippen molar-refractivity contribution in [1.29, 1.82) is 0 Å². The van der Waals surface area contributed by atoms with Gasteiger partial charge in [0.15, 0.2) is 16.6 Å². The molecular weight excluding hydrogens is 350 g/mol. The largest absolute Gasteiger partial charge is 0.441 e. The first-order valence-electron chi connectivity index (χ1n) is 6.31. The number of fused-ring (bicyclic) bond motifs is 1. The maximum absolute atomic E-state index is 5.44. The van der Waals surface area contributed by atoms with Gasteiger partial charge in [-0.3, -0.25) is 0 Å². The van der Waals surface area contributed by atoms with E-state index in [1.165, 1.54) is 0 Å². The first-order valence-corrected chi connectivity index (χ1v) is 7.51. The van der Waals surface area contributed by atoms with Crippen molar-refractivity contribution in [3.8, 4) is 0 Å². The molecule has 0 bridgehead atoms. The fourth-order valence-electron chi connectivity index (χ4n) is 1.98. The van der Waals surface area contributed by atoms with Crippen LogP contribution in [0.3, 0.4) is 0 Å². The molecule has 0 unspecified atom stereocenters. The molecule has 0 fully saturated rings. The zero-order valence-electron chi connectivity index (χ0n) is 11.2. The van der Waals surface area contributed by atoms with E-state index in [9.17, 15) is 0 Å². The summed E-state index contributed by atoms with van der Waals surface area (Å²) in [4.78, 5) is 4.30. The summed E-state index contributed by atoms with van der Waals surface area (Å²) in [6.07, 6.45) is 0. The van der Waals surface area contributed by atoms with Gasteiger partial charge in [0.05, 0.1) is 0 Å². The first-order chi connectivity index (χ1) is 10.1. The predicted octanol–water partition coefficient (Wildman–Crippen LogP) is 4.71. The molecule has 0 saturated heterocycles. The lowest BCUT2D eigenvalue weighted by Crippen LogP contribution is -2.18. The molecule has 0 aliphatic heterocycles. The van der Waals surface area contributed by atoms with Gasteiger partial charge in [0.25, 0.3) is 0 Å².